The molecular weight excluding hydrogens is 392 g/mol. The predicted octanol–water partition coefficient (Wildman–Crippen LogP) is 4.23. The largest absolute Gasteiger partial charge is 0.497 e. The first-order valence-corrected chi connectivity index (χ1v) is 9.94. The van der Waals surface area contributed by atoms with E-state index < -0.39 is 0 Å². The third-order valence-electron chi connectivity index (χ3n) is 4.16. The lowest BCUT2D eigenvalue weighted by Crippen LogP contribution is -2.31. The van der Waals surface area contributed by atoms with Crippen LogP contribution >= 0.6 is 24.0 Å². The minimum atomic E-state index is -0.180. The highest BCUT2D eigenvalue weighted by molar-refractivity contribution is 8.26. The zero-order chi connectivity index (χ0) is 20.1. The van der Waals surface area contributed by atoms with Crippen molar-refractivity contribution in [2.45, 2.75) is 13.3 Å². The number of methoxy groups -OCH3 is 1. The van der Waals surface area contributed by atoms with Crippen molar-refractivity contribution in [1.29, 1.82) is 0 Å². The highest BCUT2D eigenvalue weighted by Gasteiger charge is 2.32. The quantitative estimate of drug-likeness (QED) is 0.568. The van der Waals surface area contributed by atoms with Crippen LogP contribution in [-0.2, 0) is 9.59 Å². The van der Waals surface area contributed by atoms with Gasteiger partial charge in [0.25, 0.3) is 5.91 Å². The molecule has 1 fully saturated rings. The highest BCUT2D eigenvalue weighted by Crippen LogP contribution is 2.33. The van der Waals surface area contributed by atoms with Crippen molar-refractivity contribution in [3.05, 3.63) is 64.6 Å². The lowest BCUT2D eigenvalue weighted by molar-refractivity contribution is -0.122. The van der Waals surface area contributed by atoms with E-state index in [-0.39, 0.29) is 24.8 Å². The van der Waals surface area contributed by atoms with Gasteiger partial charge in [-0.3, -0.25) is 14.5 Å². The van der Waals surface area contributed by atoms with Gasteiger partial charge in [-0.1, -0.05) is 53.8 Å². The molecule has 1 N–H and O–H groups in total. The molecule has 2 aromatic carbocycles. The molecule has 1 aliphatic heterocycles. The second kappa shape index (κ2) is 9.03. The Morgan fingerprint density at radius 2 is 2.00 bits per heavy atom. The van der Waals surface area contributed by atoms with Crippen LogP contribution in [-0.4, -0.2) is 34.7 Å². The number of nitrogens with zero attached hydrogens (tertiary/aromatic N) is 1. The summed E-state index contributed by atoms with van der Waals surface area (Å²) in [7, 11) is 1.60. The smallest absolute Gasteiger partial charge is 0.266 e. The number of thioether (sulfide) groups is 1. The number of aryl methyl sites for hydroxylation is 1. The summed E-state index contributed by atoms with van der Waals surface area (Å²) in [5, 5.41) is 2.83. The van der Waals surface area contributed by atoms with Gasteiger partial charge in [-0.05, 0) is 42.8 Å². The van der Waals surface area contributed by atoms with Crippen LogP contribution in [0.1, 0.15) is 17.5 Å². The average molecular weight is 413 g/mol. The Balaban J connectivity index is 1.61. The fourth-order valence-corrected chi connectivity index (χ4v) is 3.96. The predicted molar refractivity (Wildman–Crippen MR) is 117 cm³/mol. The molecule has 0 unspecified atom stereocenters. The maximum atomic E-state index is 12.7. The summed E-state index contributed by atoms with van der Waals surface area (Å²) >= 11 is 6.57. The molecule has 0 radical (unpaired) electrons. The topological polar surface area (TPSA) is 58.6 Å². The minimum Gasteiger partial charge on any atom is -0.497 e. The summed E-state index contributed by atoms with van der Waals surface area (Å²) in [5.41, 5.74) is 2.72. The van der Waals surface area contributed by atoms with Crippen LogP contribution in [0.2, 0.25) is 0 Å². The van der Waals surface area contributed by atoms with Gasteiger partial charge < -0.3 is 10.1 Å². The number of carbonyl (C=O) groups is 2. The van der Waals surface area contributed by atoms with Crippen molar-refractivity contribution < 1.29 is 14.3 Å². The summed E-state index contributed by atoms with van der Waals surface area (Å²) in [6.45, 7) is 2.23. The third kappa shape index (κ3) is 4.99. The van der Waals surface area contributed by atoms with E-state index >= 15 is 0 Å². The van der Waals surface area contributed by atoms with Gasteiger partial charge in [-0.25, -0.2) is 0 Å². The Hall–Kier alpha value is -2.64. The molecule has 28 heavy (non-hydrogen) atoms. The maximum Gasteiger partial charge on any atom is 0.266 e. The van der Waals surface area contributed by atoms with E-state index in [4.69, 9.17) is 17.0 Å². The zero-order valence-electron chi connectivity index (χ0n) is 15.6. The number of carbonyl (C=O) groups excluding carboxylic acids is 2. The summed E-state index contributed by atoms with van der Waals surface area (Å²) in [4.78, 5) is 26.9. The van der Waals surface area contributed by atoms with E-state index in [1.54, 1.807) is 13.2 Å². The molecule has 0 atom stereocenters. The van der Waals surface area contributed by atoms with Gasteiger partial charge in [-0.15, -0.1) is 0 Å². The highest BCUT2D eigenvalue weighted by atomic mass is 32.2. The van der Waals surface area contributed by atoms with Gasteiger partial charge in [0.2, 0.25) is 5.91 Å². The Labute approximate surface area is 173 Å². The first-order valence-electron chi connectivity index (χ1n) is 8.72. The molecule has 5 nitrogen and oxygen atoms in total. The Bertz CT molecular complexity index is 939. The van der Waals surface area contributed by atoms with Crippen molar-refractivity contribution in [2.24, 2.45) is 0 Å². The summed E-state index contributed by atoms with van der Waals surface area (Å²) in [6.07, 6.45) is 1.96. The standard InChI is InChI=1S/C21H20N2O3S2/c1-14-6-8-16(9-7-14)22-19(24)10-11-23-20(25)18(28-21(23)27)13-15-4-3-5-17(12-15)26-2/h3-9,12-13H,10-11H2,1-2H3,(H,22,24). The molecule has 3 rings (SSSR count). The fraction of sp³-hybridized carbons (Fsp3) is 0.190. The van der Waals surface area contributed by atoms with Gasteiger partial charge in [0.15, 0.2) is 0 Å². The van der Waals surface area contributed by atoms with Crippen molar-refractivity contribution >= 4 is 51.9 Å². The Morgan fingerprint density at radius 1 is 1.25 bits per heavy atom. The number of rotatable bonds is 6. The number of nitrogens with one attached hydrogen (secondary N) is 1. The van der Waals surface area contributed by atoms with E-state index in [1.807, 2.05) is 55.5 Å². The van der Waals surface area contributed by atoms with Gasteiger partial charge in [0, 0.05) is 18.7 Å². The lowest BCUT2D eigenvalue weighted by Gasteiger charge is -2.14. The monoisotopic (exact) mass is 412 g/mol. The molecule has 2 amide bonds. The first kappa shape index (κ1) is 20.1. The number of hydrogen-bond donors (Lipinski definition) is 1. The molecule has 1 saturated heterocycles. The summed E-state index contributed by atoms with van der Waals surface area (Å²) < 4.78 is 5.67. The molecule has 2 aromatic rings. The molecular formula is C21H20N2O3S2. The SMILES string of the molecule is COc1cccc(C=C2SC(=S)N(CCC(=O)Nc3ccc(C)cc3)C2=O)c1. The number of hydrogen-bond acceptors (Lipinski definition) is 5. The van der Waals surface area contributed by atoms with Crippen LogP contribution in [0.5, 0.6) is 5.75 Å². The lowest BCUT2D eigenvalue weighted by atomic mass is 10.2. The van der Waals surface area contributed by atoms with Gasteiger partial charge in [-0.2, -0.15) is 0 Å². The van der Waals surface area contributed by atoms with Gasteiger partial charge in [0.05, 0.1) is 12.0 Å². The molecule has 0 aliphatic carbocycles. The molecule has 0 aromatic heterocycles. The Kier molecular flexibility index (Phi) is 6.49. The number of amides is 2. The average Bonchev–Trinajstić information content (AvgIpc) is 2.95. The van der Waals surface area contributed by atoms with E-state index in [0.29, 0.717) is 9.23 Å². The van der Waals surface area contributed by atoms with E-state index in [1.165, 1.54) is 16.7 Å². The number of anilines is 1. The second-order valence-corrected chi connectivity index (χ2v) is 7.95. The van der Waals surface area contributed by atoms with Crippen molar-refractivity contribution in [3.8, 4) is 5.75 Å². The van der Waals surface area contributed by atoms with Crippen LogP contribution in [0.4, 0.5) is 5.69 Å². The van der Waals surface area contributed by atoms with Crippen molar-refractivity contribution in [2.75, 3.05) is 19.0 Å². The van der Waals surface area contributed by atoms with Crippen LogP contribution in [0.15, 0.2) is 53.4 Å². The van der Waals surface area contributed by atoms with Crippen molar-refractivity contribution in [3.63, 3.8) is 0 Å². The summed E-state index contributed by atoms with van der Waals surface area (Å²) in [6, 6.07) is 15.0. The first-order chi connectivity index (χ1) is 13.5. The van der Waals surface area contributed by atoms with Crippen LogP contribution in [0.25, 0.3) is 6.08 Å². The fourth-order valence-electron chi connectivity index (χ4n) is 2.65. The molecule has 7 heteroatoms. The van der Waals surface area contributed by atoms with Crippen LogP contribution in [0, 0.1) is 6.92 Å². The molecule has 0 spiro atoms. The number of thiocarbonyl (C=S) groups is 1. The normalized spacial score (nSPS) is 15.2. The summed E-state index contributed by atoms with van der Waals surface area (Å²) in [5.74, 6) is 0.382. The second-order valence-electron chi connectivity index (χ2n) is 6.27. The molecule has 1 heterocycles. The van der Waals surface area contributed by atoms with Gasteiger partial charge in [0.1, 0.15) is 10.1 Å². The van der Waals surface area contributed by atoms with Crippen molar-refractivity contribution in [1.82, 2.24) is 4.90 Å². The van der Waals surface area contributed by atoms with E-state index in [2.05, 4.69) is 5.32 Å². The maximum absolute atomic E-state index is 12.7. The Morgan fingerprint density at radius 3 is 2.71 bits per heavy atom. The molecule has 0 bridgehead atoms. The third-order valence-corrected chi connectivity index (χ3v) is 5.54. The molecule has 1 aliphatic rings. The van der Waals surface area contributed by atoms with Crippen LogP contribution in [0.3, 0.4) is 0 Å². The van der Waals surface area contributed by atoms with E-state index in [0.717, 1.165) is 22.6 Å². The molecule has 0 saturated carbocycles. The number of benzene rings is 2. The number of ether oxygens (including phenoxy) is 1. The van der Waals surface area contributed by atoms with Gasteiger partial charge >= 0.3 is 0 Å². The zero-order valence-corrected chi connectivity index (χ0v) is 17.2. The molecule has 144 valence electrons. The van der Waals surface area contributed by atoms with E-state index in [9.17, 15) is 9.59 Å². The minimum absolute atomic E-state index is 0.158. The van der Waals surface area contributed by atoms with Crippen LogP contribution < -0.4 is 10.1 Å².